The Kier molecular flexibility index (Phi) is 1.79. The summed E-state index contributed by atoms with van der Waals surface area (Å²) in [5.41, 5.74) is 2.37. The fourth-order valence-electron chi connectivity index (χ4n) is 2.71. The fourth-order valence-corrected chi connectivity index (χ4v) is 2.71. The Morgan fingerprint density at radius 2 is 1.86 bits per heavy atom. The summed E-state index contributed by atoms with van der Waals surface area (Å²) in [6, 6.07) is 0. The molecule has 1 heterocycles. The second-order valence-corrected chi connectivity index (χ2v) is 4.29. The van der Waals surface area contributed by atoms with Crippen LogP contribution in [0.3, 0.4) is 0 Å². The highest BCUT2D eigenvalue weighted by molar-refractivity contribution is 5.99. The first kappa shape index (κ1) is 8.62. The summed E-state index contributed by atoms with van der Waals surface area (Å²) in [4.78, 5) is 11.6. The van der Waals surface area contributed by atoms with Gasteiger partial charge >= 0.3 is 0 Å². The first-order chi connectivity index (χ1) is 6.79. The van der Waals surface area contributed by atoms with Gasteiger partial charge in [0.15, 0.2) is 11.6 Å². The van der Waals surface area contributed by atoms with Crippen LogP contribution in [0.25, 0.3) is 0 Å². The molecule has 3 rings (SSSR count). The zero-order chi connectivity index (χ0) is 9.60. The largest absolute Gasteiger partial charge is 0.347 e. The van der Waals surface area contributed by atoms with Crippen LogP contribution in [-0.2, 0) is 14.3 Å². The van der Waals surface area contributed by atoms with E-state index < -0.39 is 5.79 Å². The summed E-state index contributed by atoms with van der Waals surface area (Å²) >= 11 is 0. The Balaban J connectivity index is 1.88. The lowest BCUT2D eigenvalue weighted by Gasteiger charge is -2.31. The molecule has 76 valence electrons. The van der Waals surface area contributed by atoms with Crippen LogP contribution in [-0.4, -0.2) is 24.8 Å². The lowest BCUT2D eigenvalue weighted by Crippen LogP contribution is -2.34. The second kappa shape index (κ2) is 2.91. The third-order valence-electron chi connectivity index (χ3n) is 3.48. The maximum absolute atomic E-state index is 11.6. The molecule has 1 aliphatic heterocycles. The van der Waals surface area contributed by atoms with Crippen LogP contribution in [0.5, 0.6) is 0 Å². The van der Waals surface area contributed by atoms with Gasteiger partial charge in [0.2, 0.25) is 0 Å². The highest BCUT2D eigenvalue weighted by atomic mass is 16.7. The molecule has 3 aliphatic rings. The predicted octanol–water partition coefficient (Wildman–Crippen LogP) is 1.57. The van der Waals surface area contributed by atoms with E-state index in [4.69, 9.17) is 9.47 Å². The Bertz CT molecular complexity index is 310. The standard InChI is InChI=1S/C11H14O3/c12-10-2-1-8-3-4-11(7-9(8)10)13-5-6-14-11/h1-7H2. The second-order valence-electron chi connectivity index (χ2n) is 4.29. The van der Waals surface area contributed by atoms with Crippen LogP contribution in [0.15, 0.2) is 11.1 Å². The number of Topliss-reactive ketones (excluding diaryl/α,β-unsaturated/α-hetero) is 1. The number of ketones is 1. The SMILES string of the molecule is O=C1CCC2=C1CC1(CC2)OCCO1. The lowest BCUT2D eigenvalue weighted by atomic mass is 9.89. The molecule has 1 fully saturated rings. The topological polar surface area (TPSA) is 35.5 Å². The van der Waals surface area contributed by atoms with E-state index in [-0.39, 0.29) is 0 Å². The number of carbonyl (C=O) groups is 1. The smallest absolute Gasteiger partial charge is 0.172 e. The van der Waals surface area contributed by atoms with Crippen LogP contribution >= 0.6 is 0 Å². The van der Waals surface area contributed by atoms with Gasteiger partial charge in [-0.25, -0.2) is 0 Å². The Morgan fingerprint density at radius 1 is 1.07 bits per heavy atom. The Labute approximate surface area is 83.1 Å². The van der Waals surface area contributed by atoms with Gasteiger partial charge in [-0.2, -0.15) is 0 Å². The number of rotatable bonds is 0. The average Bonchev–Trinajstić information content (AvgIpc) is 2.77. The minimum absolute atomic E-state index is 0.318. The van der Waals surface area contributed by atoms with Gasteiger partial charge in [-0.05, 0) is 18.4 Å². The molecule has 1 saturated heterocycles. The average molecular weight is 194 g/mol. The van der Waals surface area contributed by atoms with E-state index in [0.717, 1.165) is 24.8 Å². The van der Waals surface area contributed by atoms with Gasteiger partial charge in [0.1, 0.15) is 0 Å². The predicted molar refractivity (Wildman–Crippen MR) is 49.8 cm³/mol. The molecule has 0 aromatic rings. The van der Waals surface area contributed by atoms with Crippen LogP contribution in [0.2, 0.25) is 0 Å². The van der Waals surface area contributed by atoms with Crippen molar-refractivity contribution in [2.45, 2.75) is 37.9 Å². The fraction of sp³-hybridized carbons (Fsp3) is 0.727. The number of hydrogen-bond acceptors (Lipinski definition) is 3. The van der Waals surface area contributed by atoms with Crippen LogP contribution in [0.4, 0.5) is 0 Å². The van der Waals surface area contributed by atoms with Crippen molar-refractivity contribution in [3.05, 3.63) is 11.1 Å². The molecule has 0 unspecified atom stereocenters. The molecule has 0 bridgehead atoms. The van der Waals surface area contributed by atoms with E-state index in [0.29, 0.717) is 31.8 Å². The van der Waals surface area contributed by atoms with Crippen LogP contribution < -0.4 is 0 Å². The summed E-state index contributed by atoms with van der Waals surface area (Å²) in [6.07, 6.45) is 4.30. The van der Waals surface area contributed by atoms with Gasteiger partial charge in [0.05, 0.1) is 13.2 Å². The van der Waals surface area contributed by atoms with Crippen LogP contribution in [0.1, 0.15) is 32.1 Å². The van der Waals surface area contributed by atoms with Gasteiger partial charge in [-0.1, -0.05) is 5.57 Å². The minimum atomic E-state index is -0.432. The zero-order valence-electron chi connectivity index (χ0n) is 8.17. The molecule has 3 nitrogen and oxygen atoms in total. The molecule has 3 heteroatoms. The molecule has 1 spiro atoms. The Morgan fingerprint density at radius 3 is 2.64 bits per heavy atom. The third kappa shape index (κ3) is 1.16. The Hall–Kier alpha value is -0.670. The minimum Gasteiger partial charge on any atom is -0.347 e. The van der Waals surface area contributed by atoms with E-state index in [9.17, 15) is 4.79 Å². The lowest BCUT2D eigenvalue weighted by molar-refractivity contribution is -0.164. The molecule has 0 N–H and O–H groups in total. The molecular formula is C11H14O3. The van der Waals surface area contributed by atoms with Crippen molar-refractivity contribution in [2.75, 3.05) is 13.2 Å². The first-order valence-corrected chi connectivity index (χ1v) is 5.31. The van der Waals surface area contributed by atoms with E-state index >= 15 is 0 Å². The molecule has 0 aromatic carbocycles. The van der Waals surface area contributed by atoms with E-state index in [1.807, 2.05) is 0 Å². The molecule has 0 atom stereocenters. The maximum Gasteiger partial charge on any atom is 0.172 e. The van der Waals surface area contributed by atoms with Crippen molar-refractivity contribution in [3.63, 3.8) is 0 Å². The highest BCUT2D eigenvalue weighted by Gasteiger charge is 2.43. The third-order valence-corrected chi connectivity index (χ3v) is 3.48. The number of carbonyl (C=O) groups excluding carboxylic acids is 1. The molecule has 0 saturated carbocycles. The van der Waals surface area contributed by atoms with Crippen molar-refractivity contribution in [2.24, 2.45) is 0 Å². The number of allylic oxidation sites excluding steroid dienone is 1. The summed E-state index contributed by atoms with van der Waals surface area (Å²) < 4.78 is 11.3. The van der Waals surface area contributed by atoms with Gasteiger partial charge in [0, 0.05) is 19.3 Å². The zero-order valence-corrected chi connectivity index (χ0v) is 8.17. The number of hydrogen-bond donors (Lipinski definition) is 0. The normalized spacial score (nSPS) is 30.1. The maximum atomic E-state index is 11.6. The molecule has 0 radical (unpaired) electrons. The summed E-state index contributed by atoms with van der Waals surface area (Å²) in [6.45, 7) is 1.35. The molecule has 0 aromatic heterocycles. The van der Waals surface area contributed by atoms with Crippen molar-refractivity contribution >= 4 is 5.78 Å². The quantitative estimate of drug-likeness (QED) is 0.587. The summed E-state index contributed by atoms with van der Waals surface area (Å²) in [5.74, 6) is -0.114. The van der Waals surface area contributed by atoms with Crippen LogP contribution in [0, 0.1) is 0 Å². The highest BCUT2D eigenvalue weighted by Crippen LogP contribution is 2.43. The van der Waals surface area contributed by atoms with Gasteiger partial charge < -0.3 is 9.47 Å². The van der Waals surface area contributed by atoms with Gasteiger partial charge in [0.25, 0.3) is 0 Å². The van der Waals surface area contributed by atoms with Crippen molar-refractivity contribution in [3.8, 4) is 0 Å². The number of ether oxygens (including phenoxy) is 2. The van der Waals surface area contributed by atoms with E-state index in [1.54, 1.807) is 0 Å². The van der Waals surface area contributed by atoms with E-state index in [1.165, 1.54) is 5.57 Å². The molecule has 0 amide bonds. The first-order valence-electron chi connectivity index (χ1n) is 5.31. The van der Waals surface area contributed by atoms with E-state index in [2.05, 4.69) is 0 Å². The van der Waals surface area contributed by atoms with Crippen molar-refractivity contribution in [1.82, 2.24) is 0 Å². The summed E-state index contributed by atoms with van der Waals surface area (Å²) in [7, 11) is 0. The molecule has 2 aliphatic carbocycles. The monoisotopic (exact) mass is 194 g/mol. The van der Waals surface area contributed by atoms with Crippen molar-refractivity contribution in [1.29, 1.82) is 0 Å². The molecular weight excluding hydrogens is 180 g/mol. The molecule has 14 heavy (non-hydrogen) atoms. The van der Waals surface area contributed by atoms with Gasteiger partial charge in [-0.15, -0.1) is 0 Å². The van der Waals surface area contributed by atoms with Gasteiger partial charge in [-0.3, -0.25) is 4.79 Å². The van der Waals surface area contributed by atoms with Crippen molar-refractivity contribution < 1.29 is 14.3 Å². The summed E-state index contributed by atoms with van der Waals surface area (Å²) in [5, 5.41) is 0.